The largest absolute Gasteiger partial charge is 0.361 e. The third kappa shape index (κ3) is 2.82. The van der Waals surface area contributed by atoms with Gasteiger partial charge in [0, 0.05) is 29.2 Å². The maximum atomic E-state index is 12.5. The number of amides is 2. The van der Waals surface area contributed by atoms with E-state index in [0.717, 1.165) is 29.7 Å². The van der Waals surface area contributed by atoms with Crippen LogP contribution in [0.5, 0.6) is 0 Å². The summed E-state index contributed by atoms with van der Waals surface area (Å²) in [4.78, 5) is 15.8. The highest BCUT2D eigenvalue weighted by molar-refractivity contribution is 5.83. The molecule has 2 aromatic rings. The maximum Gasteiger partial charge on any atom is 0.315 e. The molecule has 0 spiro atoms. The van der Waals surface area contributed by atoms with Crippen LogP contribution in [0.3, 0.4) is 0 Å². The van der Waals surface area contributed by atoms with E-state index in [4.69, 9.17) is 0 Å². The summed E-state index contributed by atoms with van der Waals surface area (Å²) in [6, 6.07) is 8.36. The van der Waals surface area contributed by atoms with Crippen LogP contribution in [-0.2, 0) is 6.42 Å². The molecule has 1 aromatic carbocycles. The average molecular weight is 337 g/mol. The molecule has 4 heteroatoms. The van der Waals surface area contributed by atoms with Gasteiger partial charge in [-0.2, -0.15) is 0 Å². The number of nitrogens with one attached hydrogen (secondary N) is 3. The fourth-order valence-corrected chi connectivity index (χ4v) is 6.20. The Morgan fingerprint density at radius 2 is 1.76 bits per heavy atom. The first kappa shape index (κ1) is 15.3. The second kappa shape index (κ2) is 5.79. The summed E-state index contributed by atoms with van der Waals surface area (Å²) in [6.45, 7) is 0.681. The number of hydrogen-bond acceptors (Lipinski definition) is 1. The minimum atomic E-state index is 0.0294. The minimum absolute atomic E-state index is 0.0294. The molecule has 1 heterocycles. The number of aromatic amines is 1. The Morgan fingerprint density at radius 1 is 1.08 bits per heavy atom. The summed E-state index contributed by atoms with van der Waals surface area (Å²) in [6.07, 6.45) is 10.7. The van der Waals surface area contributed by atoms with Crippen molar-refractivity contribution in [3.63, 3.8) is 0 Å². The van der Waals surface area contributed by atoms with E-state index < -0.39 is 0 Å². The molecule has 0 radical (unpaired) electrons. The van der Waals surface area contributed by atoms with Crippen molar-refractivity contribution in [1.82, 2.24) is 15.6 Å². The van der Waals surface area contributed by atoms with Gasteiger partial charge in [0.1, 0.15) is 0 Å². The average Bonchev–Trinajstić information content (AvgIpc) is 2.96. The van der Waals surface area contributed by atoms with Gasteiger partial charge < -0.3 is 15.6 Å². The quantitative estimate of drug-likeness (QED) is 0.776. The molecule has 6 rings (SSSR count). The number of hydrogen-bond donors (Lipinski definition) is 3. The normalized spacial score (nSPS) is 32.9. The van der Waals surface area contributed by atoms with Crippen LogP contribution in [-0.4, -0.2) is 23.1 Å². The van der Waals surface area contributed by atoms with Crippen molar-refractivity contribution in [1.29, 1.82) is 0 Å². The van der Waals surface area contributed by atoms with Crippen LogP contribution in [0.25, 0.3) is 10.9 Å². The van der Waals surface area contributed by atoms with Gasteiger partial charge in [-0.05, 0) is 74.3 Å². The van der Waals surface area contributed by atoms with E-state index >= 15 is 0 Å². The molecule has 4 bridgehead atoms. The molecule has 4 nitrogen and oxygen atoms in total. The Hall–Kier alpha value is -1.97. The van der Waals surface area contributed by atoms with Crippen molar-refractivity contribution in [3.05, 3.63) is 36.0 Å². The third-order valence-electron chi connectivity index (χ3n) is 6.77. The smallest absolute Gasteiger partial charge is 0.315 e. The van der Waals surface area contributed by atoms with Crippen molar-refractivity contribution in [2.75, 3.05) is 6.54 Å². The number of rotatable bonds is 4. The molecule has 4 aliphatic carbocycles. The van der Waals surface area contributed by atoms with Gasteiger partial charge in [0.05, 0.1) is 0 Å². The molecule has 3 N–H and O–H groups in total. The zero-order valence-electron chi connectivity index (χ0n) is 14.7. The molecule has 132 valence electrons. The predicted octanol–water partition coefficient (Wildman–Crippen LogP) is 3.98. The summed E-state index contributed by atoms with van der Waals surface area (Å²) in [7, 11) is 0. The molecule has 25 heavy (non-hydrogen) atoms. The fourth-order valence-electron chi connectivity index (χ4n) is 6.20. The van der Waals surface area contributed by atoms with Crippen LogP contribution in [0.2, 0.25) is 0 Å². The highest BCUT2D eigenvalue weighted by Gasteiger charge is 2.51. The van der Waals surface area contributed by atoms with E-state index in [0.29, 0.717) is 6.54 Å². The molecule has 0 atom stereocenters. The molecular formula is C21H27N3O. The Labute approximate surface area is 148 Å². The molecular weight excluding hydrogens is 310 g/mol. The number of urea groups is 1. The Kier molecular flexibility index (Phi) is 3.54. The Bertz CT molecular complexity index is 758. The van der Waals surface area contributed by atoms with E-state index in [1.54, 1.807) is 0 Å². The number of carbonyl (C=O) groups excluding carboxylic acids is 1. The number of carbonyl (C=O) groups is 1. The van der Waals surface area contributed by atoms with Gasteiger partial charge in [-0.3, -0.25) is 0 Å². The van der Waals surface area contributed by atoms with Gasteiger partial charge >= 0.3 is 6.03 Å². The molecule has 0 unspecified atom stereocenters. The second-order valence-electron chi connectivity index (χ2n) is 8.69. The zero-order valence-corrected chi connectivity index (χ0v) is 14.7. The highest BCUT2D eigenvalue weighted by atomic mass is 16.2. The van der Waals surface area contributed by atoms with Crippen LogP contribution < -0.4 is 10.6 Å². The second-order valence-corrected chi connectivity index (χ2v) is 8.69. The van der Waals surface area contributed by atoms with E-state index in [1.165, 1.54) is 49.5 Å². The summed E-state index contributed by atoms with van der Waals surface area (Å²) < 4.78 is 0. The first-order valence-electron chi connectivity index (χ1n) is 9.80. The van der Waals surface area contributed by atoms with Crippen LogP contribution in [0.15, 0.2) is 30.5 Å². The predicted molar refractivity (Wildman–Crippen MR) is 99.4 cm³/mol. The molecule has 2 amide bonds. The molecule has 4 saturated carbocycles. The molecule has 4 fully saturated rings. The number of H-pyrrole nitrogens is 1. The molecule has 0 saturated heterocycles. The van der Waals surface area contributed by atoms with Crippen molar-refractivity contribution in [3.8, 4) is 0 Å². The van der Waals surface area contributed by atoms with Gasteiger partial charge in [0.2, 0.25) is 0 Å². The summed E-state index contributed by atoms with van der Waals surface area (Å²) in [5.74, 6) is 2.58. The van der Waals surface area contributed by atoms with Crippen molar-refractivity contribution in [2.24, 2.45) is 17.8 Å². The van der Waals surface area contributed by atoms with Crippen molar-refractivity contribution < 1.29 is 4.79 Å². The lowest BCUT2D eigenvalue weighted by Crippen LogP contribution is -2.61. The van der Waals surface area contributed by atoms with Gasteiger partial charge in [0.25, 0.3) is 0 Å². The molecule has 4 aliphatic rings. The van der Waals surface area contributed by atoms with E-state index in [-0.39, 0.29) is 11.6 Å². The standard InChI is InChI=1S/C21H27N3O/c25-20(22-6-5-17-13-23-19-4-2-1-3-18(17)19)24-21-10-14-7-15(11-21)9-16(8-14)12-21/h1-4,13-16,23H,5-12H2,(H2,22,24,25). The van der Waals surface area contributed by atoms with Gasteiger partial charge in [0.15, 0.2) is 0 Å². The number of fused-ring (bicyclic) bond motifs is 1. The lowest BCUT2D eigenvalue weighted by Gasteiger charge is -2.56. The van der Waals surface area contributed by atoms with Crippen molar-refractivity contribution in [2.45, 2.75) is 50.5 Å². The SMILES string of the molecule is O=C(NCCc1c[nH]c2ccccc12)NC12CC3CC(CC(C3)C1)C2. The summed E-state index contributed by atoms with van der Waals surface area (Å²) >= 11 is 0. The van der Waals surface area contributed by atoms with Crippen LogP contribution in [0, 0.1) is 17.8 Å². The van der Waals surface area contributed by atoms with E-state index in [1.807, 2.05) is 6.07 Å². The van der Waals surface area contributed by atoms with Crippen LogP contribution in [0.1, 0.15) is 44.1 Å². The number of aromatic nitrogens is 1. The van der Waals surface area contributed by atoms with Crippen molar-refractivity contribution >= 4 is 16.9 Å². The topological polar surface area (TPSA) is 56.9 Å². The summed E-state index contributed by atoms with van der Waals surface area (Å²) in [5.41, 5.74) is 2.53. The lowest BCUT2D eigenvalue weighted by atomic mass is 9.53. The maximum absolute atomic E-state index is 12.5. The van der Waals surface area contributed by atoms with Crippen LogP contribution in [0.4, 0.5) is 4.79 Å². The van der Waals surface area contributed by atoms with E-state index in [9.17, 15) is 4.79 Å². The minimum Gasteiger partial charge on any atom is -0.361 e. The zero-order chi connectivity index (χ0) is 16.9. The van der Waals surface area contributed by atoms with Crippen LogP contribution >= 0.6 is 0 Å². The molecule has 0 aliphatic heterocycles. The lowest BCUT2D eigenvalue weighted by molar-refractivity contribution is -0.0135. The fraction of sp³-hybridized carbons (Fsp3) is 0.571. The number of benzene rings is 1. The first-order valence-corrected chi connectivity index (χ1v) is 9.80. The number of para-hydroxylation sites is 1. The molecule has 1 aromatic heterocycles. The monoisotopic (exact) mass is 337 g/mol. The highest BCUT2D eigenvalue weighted by Crippen LogP contribution is 2.55. The van der Waals surface area contributed by atoms with Gasteiger partial charge in [-0.25, -0.2) is 4.79 Å². The summed E-state index contributed by atoms with van der Waals surface area (Å²) in [5, 5.41) is 7.74. The third-order valence-corrected chi connectivity index (χ3v) is 6.77. The Morgan fingerprint density at radius 3 is 2.48 bits per heavy atom. The Balaban J connectivity index is 1.18. The first-order chi connectivity index (χ1) is 12.2. The van der Waals surface area contributed by atoms with Gasteiger partial charge in [-0.1, -0.05) is 18.2 Å². The van der Waals surface area contributed by atoms with Gasteiger partial charge in [-0.15, -0.1) is 0 Å². The van der Waals surface area contributed by atoms with E-state index in [2.05, 4.69) is 40.0 Å².